The highest BCUT2D eigenvalue weighted by atomic mass is 32.1. The number of pyridine rings is 1. The molecule has 0 bridgehead atoms. The van der Waals surface area contributed by atoms with Crippen LogP contribution in [0.25, 0.3) is 10.7 Å². The van der Waals surface area contributed by atoms with Crippen LogP contribution in [0.15, 0.2) is 24.4 Å². The first kappa shape index (κ1) is 13.6. The molecule has 2 rings (SSSR count). The number of amides is 1. The fraction of sp³-hybridized carbons (Fsp3) is 0.333. The molecule has 1 unspecified atom stereocenters. The Balaban J connectivity index is 1.96. The van der Waals surface area contributed by atoms with Crippen molar-refractivity contribution in [2.75, 3.05) is 5.32 Å². The van der Waals surface area contributed by atoms with Gasteiger partial charge in [0, 0.05) is 18.7 Å². The topological polar surface area (TPSA) is 93.8 Å². The summed E-state index contributed by atoms with van der Waals surface area (Å²) >= 11 is 1.30. The van der Waals surface area contributed by atoms with E-state index in [2.05, 4.69) is 20.5 Å². The monoisotopic (exact) mass is 277 g/mol. The molecular formula is C12H15N5OS. The number of nitrogens with one attached hydrogen (secondary N) is 1. The smallest absolute Gasteiger partial charge is 0.226 e. The van der Waals surface area contributed by atoms with Crippen molar-refractivity contribution >= 4 is 22.4 Å². The van der Waals surface area contributed by atoms with Gasteiger partial charge in [-0.15, -0.1) is 10.2 Å². The lowest BCUT2D eigenvalue weighted by Crippen LogP contribution is -2.19. The summed E-state index contributed by atoms with van der Waals surface area (Å²) in [7, 11) is 0. The van der Waals surface area contributed by atoms with Gasteiger partial charge in [0.2, 0.25) is 11.0 Å². The first-order valence-electron chi connectivity index (χ1n) is 5.95. The summed E-state index contributed by atoms with van der Waals surface area (Å²) in [6, 6.07) is 5.58. The van der Waals surface area contributed by atoms with Gasteiger partial charge < -0.3 is 11.1 Å². The zero-order valence-corrected chi connectivity index (χ0v) is 11.4. The Morgan fingerprint density at radius 3 is 3.00 bits per heavy atom. The molecule has 0 saturated carbocycles. The first-order chi connectivity index (χ1) is 9.15. The van der Waals surface area contributed by atoms with E-state index < -0.39 is 0 Å². The van der Waals surface area contributed by atoms with Crippen LogP contribution in [0.3, 0.4) is 0 Å². The molecule has 6 nitrogen and oxygen atoms in total. The first-order valence-corrected chi connectivity index (χ1v) is 6.77. The van der Waals surface area contributed by atoms with Gasteiger partial charge in [-0.25, -0.2) is 0 Å². The molecule has 0 radical (unpaired) electrons. The van der Waals surface area contributed by atoms with Gasteiger partial charge in [0.15, 0.2) is 5.01 Å². The second-order valence-corrected chi connectivity index (χ2v) is 5.17. The van der Waals surface area contributed by atoms with Crippen molar-refractivity contribution in [2.24, 2.45) is 5.73 Å². The summed E-state index contributed by atoms with van der Waals surface area (Å²) in [6.07, 6.45) is 2.73. The van der Waals surface area contributed by atoms with E-state index in [-0.39, 0.29) is 11.9 Å². The van der Waals surface area contributed by atoms with Gasteiger partial charge in [-0.1, -0.05) is 17.4 Å². The highest BCUT2D eigenvalue weighted by Crippen LogP contribution is 2.24. The van der Waals surface area contributed by atoms with E-state index in [4.69, 9.17) is 5.73 Å². The molecule has 0 aromatic carbocycles. The van der Waals surface area contributed by atoms with Gasteiger partial charge in [-0.2, -0.15) is 0 Å². The van der Waals surface area contributed by atoms with Crippen LogP contribution in [0, 0.1) is 0 Å². The van der Waals surface area contributed by atoms with E-state index in [1.807, 2.05) is 25.1 Å². The Morgan fingerprint density at radius 2 is 2.32 bits per heavy atom. The number of anilines is 1. The fourth-order valence-corrected chi connectivity index (χ4v) is 2.14. The van der Waals surface area contributed by atoms with Gasteiger partial charge >= 0.3 is 0 Å². The SMILES string of the molecule is CC(N)CCC(=O)Nc1nnc(-c2ccccn2)s1. The molecule has 0 aliphatic heterocycles. The summed E-state index contributed by atoms with van der Waals surface area (Å²) in [5.74, 6) is -0.0963. The highest BCUT2D eigenvalue weighted by molar-refractivity contribution is 7.18. The van der Waals surface area contributed by atoms with Crippen LogP contribution in [0.4, 0.5) is 5.13 Å². The lowest BCUT2D eigenvalue weighted by molar-refractivity contribution is -0.116. The average molecular weight is 277 g/mol. The van der Waals surface area contributed by atoms with Crippen LogP contribution in [-0.2, 0) is 4.79 Å². The van der Waals surface area contributed by atoms with Crippen molar-refractivity contribution < 1.29 is 4.79 Å². The third-order valence-corrected chi connectivity index (χ3v) is 3.24. The Morgan fingerprint density at radius 1 is 1.47 bits per heavy atom. The molecular weight excluding hydrogens is 262 g/mol. The molecule has 7 heteroatoms. The maximum absolute atomic E-state index is 11.6. The van der Waals surface area contributed by atoms with E-state index >= 15 is 0 Å². The molecule has 0 aliphatic carbocycles. The van der Waals surface area contributed by atoms with E-state index in [9.17, 15) is 4.79 Å². The number of nitrogens with two attached hydrogens (primary N) is 1. The minimum absolute atomic E-state index is 0.0178. The Kier molecular flexibility index (Phi) is 4.53. The van der Waals surface area contributed by atoms with Crippen LogP contribution in [0.1, 0.15) is 19.8 Å². The molecule has 100 valence electrons. The van der Waals surface area contributed by atoms with Crippen LogP contribution in [0.5, 0.6) is 0 Å². The van der Waals surface area contributed by atoms with Crippen molar-refractivity contribution in [1.29, 1.82) is 0 Å². The minimum Gasteiger partial charge on any atom is -0.328 e. The van der Waals surface area contributed by atoms with Crippen LogP contribution in [-0.4, -0.2) is 27.1 Å². The maximum Gasteiger partial charge on any atom is 0.226 e. The Labute approximate surface area is 115 Å². The van der Waals surface area contributed by atoms with E-state index in [1.165, 1.54) is 11.3 Å². The number of nitrogens with zero attached hydrogens (tertiary/aromatic N) is 3. The third-order valence-electron chi connectivity index (χ3n) is 2.38. The molecule has 0 spiro atoms. The average Bonchev–Trinajstić information content (AvgIpc) is 2.86. The predicted molar refractivity (Wildman–Crippen MR) is 74.7 cm³/mol. The number of hydrogen-bond acceptors (Lipinski definition) is 6. The number of carbonyl (C=O) groups excluding carboxylic acids is 1. The molecule has 0 fully saturated rings. The number of aromatic nitrogens is 3. The Hall–Kier alpha value is -1.86. The summed E-state index contributed by atoms with van der Waals surface area (Å²) < 4.78 is 0. The quantitative estimate of drug-likeness (QED) is 0.867. The molecule has 2 heterocycles. The lowest BCUT2D eigenvalue weighted by Gasteiger charge is -2.03. The second-order valence-electron chi connectivity index (χ2n) is 4.19. The predicted octanol–water partition coefficient (Wildman–Crippen LogP) is 1.67. The fourth-order valence-electron chi connectivity index (χ4n) is 1.41. The molecule has 3 N–H and O–H groups in total. The van der Waals surface area contributed by atoms with Crippen molar-refractivity contribution in [3.63, 3.8) is 0 Å². The minimum atomic E-state index is -0.0963. The van der Waals surface area contributed by atoms with Gasteiger partial charge in [0.25, 0.3) is 0 Å². The van der Waals surface area contributed by atoms with Crippen molar-refractivity contribution in [3.8, 4) is 10.7 Å². The van der Waals surface area contributed by atoms with E-state index in [0.29, 0.717) is 23.0 Å². The van der Waals surface area contributed by atoms with Crippen molar-refractivity contribution in [3.05, 3.63) is 24.4 Å². The van der Waals surface area contributed by atoms with Gasteiger partial charge in [-0.05, 0) is 25.5 Å². The third kappa shape index (κ3) is 4.08. The molecule has 0 aliphatic rings. The number of hydrogen-bond donors (Lipinski definition) is 2. The normalized spacial score (nSPS) is 12.1. The summed E-state index contributed by atoms with van der Waals surface area (Å²) in [5.41, 5.74) is 6.35. The highest BCUT2D eigenvalue weighted by Gasteiger charge is 2.10. The lowest BCUT2D eigenvalue weighted by atomic mass is 10.2. The summed E-state index contributed by atoms with van der Waals surface area (Å²) in [6.45, 7) is 1.87. The van der Waals surface area contributed by atoms with Crippen LogP contribution in [0.2, 0.25) is 0 Å². The van der Waals surface area contributed by atoms with Gasteiger partial charge in [0.1, 0.15) is 5.69 Å². The van der Waals surface area contributed by atoms with E-state index in [1.54, 1.807) is 6.20 Å². The molecule has 1 atom stereocenters. The zero-order valence-electron chi connectivity index (χ0n) is 10.5. The summed E-state index contributed by atoms with van der Waals surface area (Å²) in [4.78, 5) is 15.8. The maximum atomic E-state index is 11.6. The number of rotatable bonds is 5. The second kappa shape index (κ2) is 6.35. The standard InChI is InChI=1S/C12H15N5OS/c1-8(13)5-6-10(18)15-12-17-16-11(19-12)9-4-2-3-7-14-9/h2-4,7-8H,5-6,13H2,1H3,(H,15,17,18). The Bertz CT molecular complexity index is 540. The van der Waals surface area contributed by atoms with E-state index in [0.717, 1.165) is 5.69 Å². The van der Waals surface area contributed by atoms with Gasteiger partial charge in [-0.3, -0.25) is 9.78 Å². The molecule has 2 aromatic rings. The van der Waals surface area contributed by atoms with Crippen molar-refractivity contribution in [2.45, 2.75) is 25.8 Å². The van der Waals surface area contributed by atoms with Crippen LogP contribution >= 0.6 is 11.3 Å². The van der Waals surface area contributed by atoms with Crippen molar-refractivity contribution in [1.82, 2.24) is 15.2 Å². The van der Waals surface area contributed by atoms with Gasteiger partial charge in [0.05, 0.1) is 0 Å². The summed E-state index contributed by atoms with van der Waals surface area (Å²) in [5, 5.41) is 11.8. The molecule has 1 amide bonds. The molecule has 2 aromatic heterocycles. The largest absolute Gasteiger partial charge is 0.328 e. The molecule has 19 heavy (non-hydrogen) atoms. The zero-order chi connectivity index (χ0) is 13.7. The number of carbonyl (C=O) groups is 1. The molecule has 0 saturated heterocycles. The van der Waals surface area contributed by atoms with Crippen LogP contribution < -0.4 is 11.1 Å².